The van der Waals surface area contributed by atoms with Crippen LogP contribution in [-0.2, 0) is 4.79 Å². The summed E-state index contributed by atoms with van der Waals surface area (Å²) in [6.45, 7) is 0. The Labute approximate surface area is 132 Å². The van der Waals surface area contributed by atoms with Crippen molar-refractivity contribution in [1.82, 2.24) is 10.3 Å². The van der Waals surface area contributed by atoms with Crippen molar-refractivity contribution in [3.63, 3.8) is 0 Å². The fourth-order valence-electron chi connectivity index (χ4n) is 2.74. The molecular formula is C14H16Cl2N2O3. The molecule has 5 nitrogen and oxygen atoms in total. The van der Waals surface area contributed by atoms with E-state index in [9.17, 15) is 9.59 Å². The van der Waals surface area contributed by atoms with Crippen molar-refractivity contribution < 1.29 is 14.7 Å². The lowest BCUT2D eigenvalue weighted by molar-refractivity contribution is -0.139. The van der Waals surface area contributed by atoms with Gasteiger partial charge in [0.05, 0.1) is 17.0 Å². The standard InChI is InChI=1S/C14H16Cl2N2O3/c15-9-4-5-10(16)17-12(9)13(21)18-14(8-11(19)20)6-2-1-3-7-14/h4-5H,1-3,6-8H2,(H,18,21)(H,19,20). The third kappa shape index (κ3) is 4.08. The van der Waals surface area contributed by atoms with E-state index < -0.39 is 17.4 Å². The predicted octanol–water partition coefficient (Wildman–Crippen LogP) is 3.30. The number of carboxylic acid groups (broad SMARTS) is 1. The molecule has 1 amide bonds. The SMILES string of the molecule is O=C(O)CC1(NC(=O)c2nc(Cl)ccc2Cl)CCCCC1. The van der Waals surface area contributed by atoms with Crippen LogP contribution in [0.25, 0.3) is 0 Å². The van der Waals surface area contributed by atoms with Gasteiger partial charge in [-0.25, -0.2) is 4.98 Å². The van der Waals surface area contributed by atoms with Gasteiger partial charge < -0.3 is 10.4 Å². The molecular weight excluding hydrogens is 315 g/mol. The van der Waals surface area contributed by atoms with Gasteiger partial charge in [-0.05, 0) is 25.0 Å². The summed E-state index contributed by atoms with van der Waals surface area (Å²) in [4.78, 5) is 27.4. The van der Waals surface area contributed by atoms with Crippen LogP contribution in [-0.4, -0.2) is 27.5 Å². The number of halogens is 2. The smallest absolute Gasteiger partial charge is 0.305 e. The van der Waals surface area contributed by atoms with Crippen molar-refractivity contribution in [2.45, 2.75) is 44.1 Å². The predicted molar refractivity (Wildman–Crippen MR) is 79.8 cm³/mol. The van der Waals surface area contributed by atoms with Gasteiger partial charge in [-0.2, -0.15) is 0 Å². The third-order valence-corrected chi connectivity index (χ3v) is 4.22. The van der Waals surface area contributed by atoms with E-state index >= 15 is 0 Å². The first-order valence-electron chi connectivity index (χ1n) is 6.78. The Morgan fingerprint density at radius 1 is 1.24 bits per heavy atom. The summed E-state index contributed by atoms with van der Waals surface area (Å²) >= 11 is 11.7. The molecule has 0 spiro atoms. The van der Waals surface area contributed by atoms with Crippen LogP contribution in [0.1, 0.15) is 49.0 Å². The molecule has 2 N–H and O–H groups in total. The summed E-state index contributed by atoms with van der Waals surface area (Å²) in [7, 11) is 0. The number of carbonyl (C=O) groups excluding carboxylic acids is 1. The van der Waals surface area contributed by atoms with Crippen molar-refractivity contribution in [1.29, 1.82) is 0 Å². The van der Waals surface area contributed by atoms with Gasteiger partial charge in [0.1, 0.15) is 10.8 Å². The number of amides is 1. The number of aliphatic carboxylic acids is 1. The second-order valence-corrected chi connectivity index (χ2v) is 6.12. The average molecular weight is 331 g/mol. The number of pyridine rings is 1. The van der Waals surface area contributed by atoms with E-state index in [1.54, 1.807) is 0 Å². The number of hydrogen-bond donors (Lipinski definition) is 2. The summed E-state index contributed by atoms with van der Waals surface area (Å²) in [5, 5.41) is 12.3. The first-order chi connectivity index (χ1) is 9.92. The molecule has 0 aromatic carbocycles. The molecule has 1 fully saturated rings. The fourth-order valence-corrected chi connectivity index (χ4v) is 3.08. The van der Waals surface area contributed by atoms with Crippen LogP contribution in [0.4, 0.5) is 0 Å². The second kappa shape index (κ2) is 6.62. The molecule has 0 radical (unpaired) electrons. The Hall–Kier alpha value is -1.33. The molecule has 1 aromatic rings. The highest BCUT2D eigenvalue weighted by atomic mass is 35.5. The summed E-state index contributed by atoms with van der Waals surface area (Å²) in [6.07, 6.45) is 4.02. The summed E-state index contributed by atoms with van der Waals surface area (Å²) in [5.74, 6) is -1.41. The molecule has 1 aliphatic rings. The zero-order chi connectivity index (χ0) is 15.5. The maximum Gasteiger partial charge on any atom is 0.305 e. The van der Waals surface area contributed by atoms with E-state index in [1.165, 1.54) is 12.1 Å². The van der Waals surface area contributed by atoms with Gasteiger partial charge in [0, 0.05) is 0 Å². The van der Waals surface area contributed by atoms with Gasteiger partial charge in [0.25, 0.3) is 5.91 Å². The number of carboxylic acids is 1. The van der Waals surface area contributed by atoms with Gasteiger partial charge in [-0.3, -0.25) is 9.59 Å². The van der Waals surface area contributed by atoms with E-state index in [-0.39, 0.29) is 22.3 Å². The summed E-state index contributed by atoms with van der Waals surface area (Å²) < 4.78 is 0. The van der Waals surface area contributed by atoms with Gasteiger partial charge >= 0.3 is 5.97 Å². The van der Waals surface area contributed by atoms with Gasteiger partial charge in [-0.15, -0.1) is 0 Å². The number of nitrogens with zero attached hydrogens (tertiary/aromatic N) is 1. The molecule has 0 aliphatic heterocycles. The molecule has 0 saturated heterocycles. The van der Waals surface area contributed by atoms with E-state index in [0.29, 0.717) is 12.8 Å². The molecule has 0 bridgehead atoms. The van der Waals surface area contributed by atoms with Crippen LogP contribution < -0.4 is 5.32 Å². The van der Waals surface area contributed by atoms with Crippen LogP contribution in [0.15, 0.2) is 12.1 Å². The minimum atomic E-state index is -0.928. The summed E-state index contributed by atoms with van der Waals surface area (Å²) in [5.41, 5.74) is -0.700. The zero-order valence-electron chi connectivity index (χ0n) is 11.4. The fraction of sp³-hybridized carbons (Fsp3) is 0.500. The molecule has 2 rings (SSSR count). The molecule has 1 saturated carbocycles. The van der Waals surface area contributed by atoms with Crippen molar-refractivity contribution in [2.75, 3.05) is 0 Å². The van der Waals surface area contributed by atoms with E-state index in [0.717, 1.165) is 19.3 Å². The Bertz CT molecular complexity index is 557. The lowest BCUT2D eigenvalue weighted by atomic mass is 9.79. The molecule has 1 aliphatic carbocycles. The highest BCUT2D eigenvalue weighted by molar-refractivity contribution is 6.34. The first kappa shape index (κ1) is 16.0. The quantitative estimate of drug-likeness (QED) is 0.830. The highest BCUT2D eigenvalue weighted by Gasteiger charge is 2.36. The molecule has 0 unspecified atom stereocenters. The van der Waals surface area contributed by atoms with Crippen LogP contribution >= 0.6 is 23.2 Å². The highest BCUT2D eigenvalue weighted by Crippen LogP contribution is 2.32. The zero-order valence-corrected chi connectivity index (χ0v) is 12.9. The van der Waals surface area contributed by atoms with Crippen LogP contribution in [0.5, 0.6) is 0 Å². The maximum absolute atomic E-state index is 12.4. The normalized spacial score (nSPS) is 17.2. The number of hydrogen-bond acceptors (Lipinski definition) is 3. The lowest BCUT2D eigenvalue weighted by Crippen LogP contribution is -2.51. The monoisotopic (exact) mass is 330 g/mol. The van der Waals surface area contributed by atoms with Gasteiger partial charge in [0.15, 0.2) is 0 Å². The van der Waals surface area contributed by atoms with E-state index in [1.807, 2.05) is 0 Å². The van der Waals surface area contributed by atoms with Crippen LogP contribution in [0.3, 0.4) is 0 Å². The Balaban J connectivity index is 2.21. The third-order valence-electron chi connectivity index (χ3n) is 3.71. The number of nitrogens with one attached hydrogen (secondary N) is 1. The molecule has 1 heterocycles. The van der Waals surface area contributed by atoms with Crippen LogP contribution in [0.2, 0.25) is 10.2 Å². The minimum absolute atomic E-state index is 0.0273. The first-order valence-corrected chi connectivity index (χ1v) is 7.54. The van der Waals surface area contributed by atoms with Crippen molar-refractivity contribution >= 4 is 35.1 Å². The largest absolute Gasteiger partial charge is 0.481 e. The Morgan fingerprint density at radius 2 is 1.90 bits per heavy atom. The van der Waals surface area contributed by atoms with E-state index in [4.69, 9.17) is 28.3 Å². The van der Waals surface area contributed by atoms with Gasteiger partial charge in [-0.1, -0.05) is 42.5 Å². The van der Waals surface area contributed by atoms with Crippen molar-refractivity contribution in [2.24, 2.45) is 0 Å². The second-order valence-electron chi connectivity index (χ2n) is 5.33. The number of carbonyl (C=O) groups is 2. The van der Waals surface area contributed by atoms with Gasteiger partial charge in [0.2, 0.25) is 0 Å². The maximum atomic E-state index is 12.4. The average Bonchev–Trinajstić information content (AvgIpc) is 2.41. The molecule has 1 aromatic heterocycles. The van der Waals surface area contributed by atoms with Crippen LogP contribution in [0, 0.1) is 0 Å². The van der Waals surface area contributed by atoms with Crippen molar-refractivity contribution in [3.05, 3.63) is 28.0 Å². The van der Waals surface area contributed by atoms with E-state index in [2.05, 4.69) is 10.3 Å². The summed E-state index contributed by atoms with van der Waals surface area (Å²) in [6, 6.07) is 2.99. The number of aromatic nitrogens is 1. The lowest BCUT2D eigenvalue weighted by Gasteiger charge is -2.36. The molecule has 0 atom stereocenters. The number of rotatable bonds is 4. The molecule has 21 heavy (non-hydrogen) atoms. The minimum Gasteiger partial charge on any atom is -0.481 e. The molecule has 7 heteroatoms. The van der Waals surface area contributed by atoms with Crippen molar-refractivity contribution in [3.8, 4) is 0 Å². The Kier molecular flexibility index (Phi) is 5.06. The Morgan fingerprint density at radius 3 is 2.52 bits per heavy atom. The molecule has 114 valence electrons. The topological polar surface area (TPSA) is 79.3 Å².